The summed E-state index contributed by atoms with van der Waals surface area (Å²) in [6, 6.07) is 23.6. The number of amides is 1. The average molecular weight is 595 g/mol. The number of benzene rings is 3. The molecule has 0 saturated heterocycles. The third kappa shape index (κ3) is 6.79. The SMILES string of the molecule is CCCn1c(SCCCNC(=O)c2ccc(Br)cc2)nc(-c2ccc(OC)cc2)c1-c1ccc(OC)cc1. The quantitative estimate of drug-likeness (QED) is 0.138. The minimum Gasteiger partial charge on any atom is -0.497 e. The van der Waals surface area contributed by atoms with Crippen molar-refractivity contribution in [1.29, 1.82) is 0 Å². The first-order valence-corrected chi connectivity index (χ1v) is 14.4. The van der Waals surface area contributed by atoms with Crippen molar-refractivity contribution in [1.82, 2.24) is 14.9 Å². The molecule has 4 aromatic rings. The number of rotatable bonds is 12. The number of carbonyl (C=O) groups excluding carboxylic acids is 1. The fraction of sp³-hybridized carbons (Fsp3) is 0.267. The molecule has 4 rings (SSSR count). The van der Waals surface area contributed by atoms with Crippen LogP contribution in [0.4, 0.5) is 0 Å². The van der Waals surface area contributed by atoms with Gasteiger partial charge in [-0.2, -0.15) is 0 Å². The van der Waals surface area contributed by atoms with Crippen LogP contribution in [0.1, 0.15) is 30.1 Å². The molecule has 1 heterocycles. The molecule has 0 spiro atoms. The maximum absolute atomic E-state index is 12.4. The molecule has 3 aromatic carbocycles. The van der Waals surface area contributed by atoms with E-state index in [0.717, 1.165) is 68.8 Å². The Labute approximate surface area is 236 Å². The normalized spacial score (nSPS) is 10.8. The van der Waals surface area contributed by atoms with Crippen LogP contribution in [-0.4, -0.2) is 42.0 Å². The number of thioether (sulfide) groups is 1. The van der Waals surface area contributed by atoms with Crippen LogP contribution in [0.2, 0.25) is 0 Å². The topological polar surface area (TPSA) is 65.4 Å². The molecule has 0 fully saturated rings. The van der Waals surface area contributed by atoms with E-state index >= 15 is 0 Å². The first kappa shape index (κ1) is 27.8. The lowest BCUT2D eigenvalue weighted by molar-refractivity contribution is 0.0954. The van der Waals surface area contributed by atoms with E-state index < -0.39 is 0 Å². The zero-order chi connectivity index (χ0) is 26.9. The molecule has 6 nitrogen and oxygen atoms in total. The van der Waals surface area contributed by atoms with Crippen LogP contribution in [-0.2, 0) is 6.54 Å². The monoisotopic (exact) mass is 593 g/mol. The summed E-state index contributed by atoms with van der Waals surface area (Å²) < 4.78 is 14.0. The van der Waals surface area contributed by atoms with Crippen LogP contribution >= 0.6 is 27.7 Å². The van der Waals surface area contributed by atoms with Gasteiger partial charge < -0.3 is 19.4 Å². The highest BCUT2D eigenvalue weighted by Crippen LogP contribution is 2.37. The largest absolute Gasteiger partial charge is 0.497 e. The molecule has 0 aliphatic rings. The number of nitrogens with zero attached hydrogens (tertiary/aromatic N) is 2. The van der Waals surface area contributed by atoms with Crippen LogP contribution in [0.15, 0.2) is 82.4 Å². The molecule has 0 atom stereocenters. The van der Waals surface area contributed by atoms with Gasteiger partial charge in [-0.1, -0.05) is 34.6 Å². The Morgan fingerprint density at radius 3 is 2.11 bits per heavy atom. The first-order chi connectivity index (χ1) is 18.5. The van der Waals surface area contributed by atoms with E-state index in [4.69, 9.17) is 14.5 Å². The number of nitrogens with one attached hydrogen (secondary N) is 1. The van der Waals surface area contributed by atoms with Crippen LogP contribution in [0.5, 0.6) is 11.5 Å². The predicted octanol–water partition coefficient (Wildman–Crippen LogP) is 7.32. The second-order valence-corrected chi connectivity index (χ2v) is 10.6. The molecule has 1 amide bonds. The molecule has 0 saturated carbocycles. The fourth-order valence-electron chi connectivity index (χ4n) is 4.11. The summed E-state index contributed by atoms with van der Waals surface area (Å²) in [5.74, 6) is 2.41. The van der Waals surface area contributed by atoms with Gasteiger partial charge in [-0.25, -0.2) is 4.98 Å². The maximum Gasteiger partial charge on any atom is 0.251 e. The lowest BCUT2D eigenvalue weighted by atomic mass is 10.0. The van der Waals surface area contributed by atoms with Gasteiger partial charge in [0.25, 0.3) is 5.91 Å². The third-order valence-corrected chi connectivity index (χ3v) is 7.64. The van der Waals surface area contributed by atoms with Gasteiger partial charge in [0.1, 0.15) is 11.5 Å². The number of halogens is 1. The highest BCUT2D eigenvalue weighted by Gasteiger charge is 2.20. The second kappa shape index (κ2) is 13.5. The molecule has 0 aliphatic heterocycles. The average Bonchev–Trinajstić information content (AvgIpc) is 3.31. The maximum atomic E-state index is 12.4. The third-order valence-electron chi connectivity index (χ3n) is 6.05. The summed E-state index contributed by atoms with van der Waals surface area (Å²) in [6.07, 6.45) is 1.82. The minimum absolute atomic E-state index is 0.0569. The Morgan fingerprint density at radius 1 is 0.921 bits per heavy atom. The number of methoxy groups -OCH3 is 2. The Bertz CT molecular complexity index is 1340. The summed E-state index contributed by atoms with van der Waals surface area (Å²) in [6.45, 7) is 3.64. The molecular formula is C30H32BrN3O3S. The van der Waals surface area contributed by atoms with E-state index in [2.05, 4.69) is 57.0 Å². The van der Waals surface area contributed by atoms with Crippen LogP contribution in [0, 0.1) is 0 Å². The summed E-state index contributed by atoms with van der Waals surface area (Å²) in [7, 11) is 3.35. The van der Waals surface area contributed by atoms with Gasteiger partial charge >= 0.3 is 0 Å². The van der Waals surface area contributed by atoms with Gasteiger partial charge in [-0.15, -0.1) is 0 Å². The van der Waals surface area contributed by atoms with Gasteiger partial charge in [0.05, 0.1) is 25.6 Å². The second-order valence-electron chi connectivity index (χ2n) is 8.67. The van der Waals surface area contributed by atoms with Gasteiger partial charge in [-0.05, 0) is 85.6 Å². The molecule has 0 radical (unpaired) electrons. The number of aromatic nitrogens is 2. The minimum atomic E-state index is -0.0569. The highest BCUT2D eigenvalue weighted by molar-refractivity contribution is 9.10. The summed E-state index contributed by atoms with van der Waals surface area (Å²) >= 11 is 5.12. The number of hydrogen-bond donors (Lipinski definition) is 1. The Kier molecular flexibility index (Phi) is 9.90. The van der Waals surface area contributed by atoms with E-state index in [1.165, 1.54) is 0 Å². The van der Waals surface area contributed by atoms with Gasteiger partial charge in [0.2, 0.25) is 0 Å². The molecule has 1 aromatic heterocycles. The predicted molar refractivity (Wildman–Crippen MR) is 158 cm³/mol. The molecular weight excluding hydrogens is 562 g/mol. The molecule has 0 unspecified atom stereocenters. The van der Waals surface area contributed by atoms with E-state index in [0.29, 0.717) is 12.1 Å². The number of imidazole rings is 1. The lowest BCUT2D eigenvalue weighted by Gasteiger charge is -2.13. The van der Waals surface area contributed by atoms with E-state index in [1.54, 1.807) is 26.0 Å². The molecule has 38 heavy (non-hydrogen) atoms. The smallest absolute Gasteiger partial charge is 0.251 e. The zero-order valence-electron chi connectivity index (χ0n) is 21.9. The number of hydrogen-bond acceptors (Lipinski definition) is 5. The van der Waals surface area contributed by atoms with Crippen molar-refractivity contribution in [3.05, 3.63) is 82.8 Å². The van der Waals surface area contributed by atoms with Crippen LogP contribution in [0.3, 0.4) is 0 Å². The van der Waals surface area contributed by atoms with Crippen molar-refractivity contribution in [2.45, 2.75) is 31.5 Å². The standard InChI is InChI=1S/C30H32BrN3O3S/c1-4-19-34-28(22-10-16-26(37-3)17-11-22)27(21-8-14-25(36-2)15-9-21)33-30(34)38-20-5-18-32-29(35)23-6-12-24(31)13-7-23/h6-17H,4-5,18-20H2,1-3H3,(H,32,35). The van der Waals surface area contributed by atoms with Crippen molar-refractivity contribution in [3.63, 3.8) is 0 Å². The van der Waals surface area contributed by atoms with Crippen molar-refractivity contribution in [2.75, 3.05) is 26.5 Å². The van der Waals surface area contributed by atoms with Crippen molar-refractivity contribution >= 4 is 33.6 Å². The number of ether oxygens (including phenoxy) is 2. The number of carbonyl (C=O) groups is 1. The Balaban J connectivity index is 1.54. The molecule has 0 aliphatic carbocycles. The Morgan fingerprint density at radius 2 is 1.53 bits per heavy atom. The van der Waals surface area contributed by atoms with Gasteiger partial charge in [0, 0.05) is 40.0 Å². The molecule has 0 bridgehead atoms. The van der Waals surface area contributed by atoms with E-state index in [1.807, 2.05) is 48.5 Å². The first-order valence-electron chi connectivity index (χ1n) is 12.6. The van der Waals surface area contributed by atoms with Crippen LogP contribution in [0.25, 0.3) is 22.5 Å². The lowest BCUT2D eigenvalue weighted by Crippen LogP contribution is -2.24. The fourth-order valence-corrected chi connectivity index (χ4v) is 5.34. The van der Waals surface area contributed by atoms with E-state index in [9.17, 15) is 4.79 Å². The van der Waals surface area contributed by atoms with E-state index in [-0.39, 0.29) is 5.91 Å². The van der Waals surface area contributed by atoms with Crippen molar-refractivity contribution in [3.8, 4) is 34.0 Å². The van der Waals surface area contributed by atoms with Crippen molar-refractivity contribution < 1.29 is 14.3 Å². The molecule has 8 heteroatoms. The van der Waals surface area contributed by atoms with Gasteiger partial charge in [-0.3, -0.25) is 4.79 Å². The molecule has 198 valence electrons. The van der Waals surface area contributed by atoms with Crippen molar-refractivity contribution in [2.24, 2.45) is 0 Å². The highest BCUT2D eigenvalue weighted by atomic mass is 79.9. The van der Waals surface area contributed by atoms with Gasteiger partial charge in [0.15, 0.2) is 5.16 Å². The summed E-state index contributed by atoms with van der Waals surface area (Å²) in [5.41, 5.74) is 4.82. The molecule has 1 N–H and O–H groups in total. The summed E-state index contributed by atoms with van der Waals surface area (Å²) in [5, 5.41) is 3.99. The summed E-state index contributed by atoms with van der Waals surface area (Å²) in [4.78, 5) is 17.5. The van der Waals surface area contributed by atoms with Crippen LogP contribution < -0.4 is 14.8 Å². The Hall–Kier alpha value is -3.23. The zero-order valence-corrected chi connectivity index (χ0v) is 24.3.